The number of fused-ring (bicyclic) bond motifs is 1. The van der Waals surface area contributed by atoms with Crippen LogP contribution in [0.5, 0.6) is 0 Å². The lowest BCUT2D eigenvalue weighted by Gasteiger charge is -2.04. The molecular formula is C15H17ClN3OS-. The molecule has 3 rings (SSSR count). The molecule has 1 aromatic carbocycles. The molecule has 0 atom stereocenters. The highest BCUT2D eigenvalue weighted by Crippen LogP contribution is 2.14. The lowest BCUT2D eigenvalue weighted by atomic mass is 10.2. The summed E-state index contributed by atoms with van der Waals surface area (Å²) in [6.07, 6.45) is 0. The zero-order chi connectivity index (χ0) is 14.1. The van der Waals surface area contributed by atoms with E-state index in [0.717, 1.165) is 24.1 Å². The monoisotopic (exact) mass is 322 g/mol. The van der Waals surface area contributed by atoms with Crippen molar-refractivity contribution in [3.63, 3.8) is 0 Å². The number of nitrogens with zero attached hydrogens (tertiary/aromatic N) is 2. The van der Waals surface area contributed by atoms with Crippen molar-refractivity contribution in [1.82, 2.24) is 14.5 Å². The molecule has 112 valence electrons. The number of aryl methyl sites for hydroxylation is 2. The summed E-state index contributed by atoms with van der Waals surface area (Å²) in [5, 5.41) is 5.51. The number of rotatable bonds is 4. The first kappa shape index (κ1) is 15.8. The lowest BCUT2D eigenvalue weighted by Crippen LogP contribution is -3.00. The Bertz CT molecular complexity index is 789. The topological polar surface area (TPSA) is 39.0 Å². The zero-order valence-electron chi connectivity index (χ0n) is 12.0. The van der Waals surface area contributed by atoms with Crippen LogP contribution in [0, 0.1) is 0 Å². The van der Waals surface area contributed by atoms with Gasteiger partial charge in [-0.15, -0.1) is 11.3 Å². The number of imidazole rings is 1. The quantitative estimate of drug-likeness (QED) is 0.685. The van der Waals surface area contributed by atoms with Gasteiger partial charge in [0.15, 0.2) is 0 Å². The molecule has 0 spiro atoms. The Kier molecular flexibility index (Phi) is 4.88. The molecule has 21 heavy (non-hydrogen) atoms. The van der Waals surface area contributed by atoms with Crippen molar-refractivity contribution in [2.24, 2.45) is 14.1 Å². The van der Waals surface area contributed by atoms with Crippen LogP contribution in [-0.2, 0) is 27.2 Å². The summed E-state index contributed by atoms with van der Waals surface area (Å²) in [4.78, 5) is 13.2. The Morgan fingerprint density at radius 1 is 1.10 bits per heavy atom. The first-order valence-electron chi connectivity index (χ1n) is 6.54. The summed E-state index contributed by atoms with van der Waals surface area (Å²) in [5.74, 6) is 0. The van der Waals surface area contributed by atoms with Gasteiger partial charge in [-0.2, -0.15) is 0 Å². The molecule has 3 aromatic rings. The van der Waals surface area contributed by atoms with Crippen molar-refractivity contribution in [3.8, 4) is 0 Å². The average molecular weight is 323 g/mol. The second-order valence-electron chi connectivity index (χ2n) is 4.91. The zero-order valence-corrected chi connectivity index (χ0v) is 13.5. The predicted molar refractivity (Wildman–Crippen MR) is 83.0 cm³/mol. The highest BCUT2D eigenvalue weighted by atomic mass is 35.5. The van der Waals surface area contributed by atoms with Gasteiger partial charge in [0.25, 0.3) is 0 Å². The van der Waals surface area contributed by atoms with Crippen molar-refractivity contribution < 1.29 is 12.4 Å². The second kappa shape index (κ2) is 6.47. The molecule has 0 saturated carbocycles. The van der Waals surface area contributed by atoms with E-state index in [4.69, 9.17) is 0 Å². The lowest BCUT2D eigenvalue weighted by molar-refractivity contribution is -0.00000414. The summed E-state index contributed by atoms with van der Waals surface area (Å²) >= 11 is 1.76. The van der Waals surface area contributed by atoms with E-state index >= 15 is 0 Å². The SMILES string of the molecule is Cn1c(=O)n(C)c2cc(CNCc3cccs3)ccc21.[Cl-]. The van der Waals surface area contributed by atoms with Crippen molar-refractivity contribution in [2.75, 3.05) is 0 Å². The minimum absolute atomic E-state index is 0. The molecule has 0 saturated heterocycles. The largest absolute Gasteiger partial charge is 1.00 e. The average Bonchev–Trinajstić information content (AvgIpc) is 3.04. The second-order valence-corrected chi connectivity index (χ2v) is 5.94. The third-order valence-electron chi connectivity index (χ3n) is 3.54. The minimum Gasteiger partial charge on any atom is -1.00 e. The van der Waals surface area contributed by atoms with Gasteiger partial charge in [-0.3, -0.25) is 9.13 Å². The number of hydrogen-bond donors (Lipinski definition) is 1. The van der Waals surface area contributed by atoms with Gasteiger partial charge in [-0.1, -0.05) is 12.1 Å². The molecular weight excluding hydrogens is 306 g/mol. The van der Waals surface area contributed by atoms with Gasteiger partial charge < -0.3 is 17.7 Å². The van der Waals surface area contributed by atoms with Crippen LogP contribution >= 0.6 is 11.3 Å². The Morgan fingerprint density at radius 3 is 2.57 bits per heavy atom. The molecule has 0 fully saturated rings. The van der Waals surface area contributed by atoms with Crippen LogP contribution in [0.2, 0.25) is 0 Å². The first-order valence-corrected chi connectivity index (χ1v) is 7.42. The third kappa shape index (κ3) is 3.05. The van der Waals surface area contributed by atoms with E-state index in [1.165, 1.54) is 10.4 Å². The molecule has 0 amide bonds. The van der Waals surface area contributed by atoms with Crippen LogP contribution in [-0.4, -0.2) is 9.13 Å². The van der Waals surface area contributed by atoms with Crippen LogP contribution in [0.25, 0.3) is 11.0 Å². The van der Waals surface area contributed by atoms with Crippen molar-refractivity contribution in [2.45, 2.75) is 13.1 Å². The van der Waals surface area contributed by atoms with Crippen molar-refractivity contribution in [1.29, 1.82) is 0 Å². The fourth-order valence-electron chi connectivity index (χ4n) is 2.41. The van der Waals surface area contributed by atoms with Gasteiger partial charge in [-0.05, 0) is 29.1 Å². The maximum absolute atomic E-state index is 11.9. The number of nitrogens with one attached hydrogen (secondary N) is 1. The summed E-state index contributed by atoms with van der Waals surface area (Å²) < 4.78 is 3.37. The molecule has 4 nitrogen and oxygen atoms in total. The van der Waals surface area contributed by atoms with Crippen LogP contribution in [0.3, 0.4) is 0 Å². The third-order valence-corrected chi connectivity index (χ3v) is 4.42. The molecule has 0 aliphatic rings. The summed E-state index contributed by atoms with van der Waals surface area (Å²) in [7, 11) is 3.62. The number of halogens is 1. The number of hydrogen-bond acceptors (Lipinski definition) is 3. The molecule has 0 bridgehead atoms. The van der Waals surface area contributed by atoms with Gasteiger partial charge in [-0.25, -0.2) is 4.79 Å². The summed E-state index contributed by atoms with van der Waals surface area (Å²) in [6.45, 7) is 1.68. The van der Waals surface area contributed by atoms with Gasteiger partial charge in [0, 0.05) is 32.1 Å². The summed E-state index contributed by atoms with van der Waals surface area (Å²) in [6, 6.07) is 10.4. The van der Waals surface area contributed by atoms with Gasteiger partial charge >= 0.3 is 5.69 Å². The van der Waals surface area contributed by atoms with Crippen LogP contribution in [0.4, 0.5) is 0 Å². The molecule has 0 unspecified atom stereocenters. The van der Waals surface area contributed by atoms with Crippen LogP contribution in [0.15, 0.2) is 40.5 Å². The molecule has 0 aliphatic carbocycles. The number of thiophene rings is 1. The van der Waals surface area contributed by atoms with E-state index in [9.17, 15) is 4.79 Å². The van der Waals surface area contributed by atoms with Gasteiger partial charge in [0.05, 0.1) is 11.0 Å². The maximum atomic E-state index is 11.9. The standard InChI is InChI=1S/C15H17N3OS.ClH/c1-17-13-6-5-11(8-14(13)18(2)15(17)19)9-16-10-12-4-3-7-20-12;/h3-8,16H,9-10H2,1-2H3;1H/p-1. The van der Waals surface area contributed by atoms with Crippen LogP contribution in [0.1, 0.15) is 10.4 Å². The first-order chi connectivity index (χ1) is 9.66. The highest BCUT2D eigenvalue weighted by molar-refractivity contribution is 7.09. The van der Waals surface area contributed by atoms with Crippen molar-refractivity contribution in [3.05, 3.63) is 56.6 Å². The van der Waals surface area contributed by atoms with Crippen LogP contribution < -0.4 is 23.4 Å². The molecule has 6 heteroatoms. The smallest absolute Gasteiger partial charge is 0.328 e. The number of aromatic nitrogens is 2. The predicted octanol–water partition coefficient (Wildman–Crippen LogP) is -0.768. The van der Waals surface area contributed by atoms with E-state index in [0.29, 0.717) is 0 Å². The molecule has 2 aromatic heterocycles. The Labute approximate surface area is 133 Å². The Balaban J connectivity index is 0.00000161. The number of benzene rings is 1. The molecule has 0 aliphatic heterocycles. The van der Waals surface area contributed by atoms with Gasteiger partial charge in [0.1, 0.15) is 0 Å². The Hall–Kier alpha value is -1.56. The fraction of sp³-hybridized carbons (Fsp3) is 0.267. The molecule has 0 radical (unpaired) electrons. The van der Waals surface area contributed by atoms with Crippen molar-refractivity contribution >= 4 is 22.4 Å². The van der Waals surface area contributed by atoms with E-state index in [1.807, 2.05) is 13.1 Å². The van der Waals surface area contributed by atoms with E-state index < -0.39 is 0 Å². The minimum atomic E-state index is 0. The van der Waals surface area contributed by atoms with E-state index in [2.05, 4.69) is 35.0 Å². The maximum Gasteiger partial charge on any atom is 0.328 e. The normalized spacial score (nSPS) is 10.8. The Morgan fingerprint density at radius 2 is 1.86 bits per heavy atom. The fourth-order valence-corrected chi connectivity index (χ4v) is 3.08. The molecule has 2 heterocycles. The van der Waals surface area contributed by atoms with E-state index in [1.54, 1.807) is 27.5 Å². The highest BCUT2D eigenvalue weighted by Gasteiger charge is 2.07. The molecule has 1 N–H and O–H groups in total. The summed E-state index contributed by atoms with van der Waals surface area (Å²) in [5.41, 5.74) is 3.16. The van der Waals surface area contributed by atoms with E-state index in [-0.39, 0.29) is 18.1 Å². The van der Waals surface area contributed by atoms with Gasteiger partial charge in [0.2, 0.25) is 0 Å².